The standard InChI is InChI=1S/C34H30O10/c1-15-13-23-9-11-25(31(41-19(5)37)29(23)33(43-21(7)39)27(15)17(3)35)26-12-10-24-14-16(2)28(18(4)36)34(44-22(8)40)30(24)32(26)42-20(6)38/h9-14H,1-8H3. The Morgan fingerprint density at radius 2 is 0.750 bits per heavy atom. The SMILES string of the molecule is CC(=O)Oc1c(-c2ccc3cc(C)c(C(C)=O)c(OC(C)=O)c3c2OC(C)=O)ccc2cc(C)c(C(C)=O)c(OC(C)=O)c12. The number of rotatable bonds is 7. The van der Waals surface area contributed by atoms with Gasteiger partial charge in [-0.2, -0.15) is 0 Å². The summed E-state index contributed by atoms with van der Waals surface area (Å²) < 4.78 is 22.6. The Labute approximate surface area is 252 Å². The fraction of sp³-hybridized carbons (Fsp3) is 0.235. The van der Waals surface area contributed by atoms with E-state index in [9.17, 15) is 28.8 Å². The Kier molecular flexibility index (Phi) is 8.66. The van der Waals surface area contributed by atoms with Gasteiger partial charge in [0.1, 0.15) is 11.5 Å². The lowest BCUT2D eigenvalue weighted by Crippen LogP contribution is -2.11. The number of hydrogen-bond acceptors (Lipinski definition) is 10. The van der Waals surface area contributed by atoms with Crippen LogP contribution in [-0.4, -0.2) is 35.4 Å². The zero-order valence-corrected chi connectivity index (χ0v) is 25.5. The van der Waals surface area contributed by atoms with Crippen LogP contribution in [0.25, 0.3) is 32.7 Å². The number of carbonyl (C=O) groups is 6. The molecular weight excluding hydrogens is 568 g/mol. The second-order valence-corrected chi connectivity index (χ2v) is 10.4. The molecule has 0 fully saturated rings. The number of ether oxygens (including phenoxy) is 4. The van der Waals surface area contributed by atoms with Crippen LogP contribution in [-0.2, 0) is 19.2 Å². The maximum absolute atomic E-state index is 12.7. The van der Waals surface area contributed by atoms with E-state index in [1.54, 1.807) is 50.2 Å². The lowest BCUT2D eigenvalue weighted by molar-refractivity contribution is -0.133. The second-order valence-electron chi connectivity index (χ2n) is 10.4. The van der Waals surface area contributed by atoms with Crippen LogP contribution >= 0.6 is 0 Å². The molecule has 0 unspecified atom stereocenters. The molecule has 10 heteroatoms. The molecule has 0 aromatic heterocycles. The summed E-state index contributed by atoms with van der Waals surface area (Å²) in [6, 6.07) is 9.97. The molecule has 0 aliphatic carbocycles. The van der Waals surface area contributed by atoms with Gasteiger partial charge in [0.05, 0.1) is 21.9 Å². The molecule has 4 aromatic carbocycles. The van der Waals surface area contributed by atoms with Crippen molar-refractivity contribution in [3.63, 3.8) is 0 Å². The van der Waals surface area contributed by atoms with Gasteiger partial charge < -0.3 is 18.9 Å². The summed E-state index contributed by atoms with van der Waals surface area (Å²) >= 11 is 0. The molecule has 226 valence electrons. The van der Waals surface area contributed by atoms with E-state index in [0.29, 0.717) is 21.9 Å². The zero-order chi connectivity index (χ0) is 32.6. The third kappa shape index (κ3) is 5.92. The van der Waals surface area contributed by atoms with Gasteiger partial charge >= 0.3 is 23.9 Å². The first-order valence-electron chi connectivity index (χ1n) is 13.6. The summed E-state index contributed by atoms with van der Waals surface area (Å²) in [6.07, 6.45) is 0. The van der Waals surface area contributed by atoms with Crippen LogP contribution in [0, 0.1) is 13.8 Å². The first-order chi connectivity index (χ1) is 20.6. The summed E-state index contributed by atoms with van der Waals surface area (Å²) in [7, 11) is 0. The highest BCUT2D eigenvalue weighted by atomic mass is 16.6. The molecule has 44 heavy (non-hydrogen) atoms. The van der Waals surface area contributed by atoms with Crippen LogP contribution in [0.15, 0.2) is 36.4 Å². The largest absolute Gasteiger partial charge is 0.425 e. The number of esters is 4. The molecule has 0 aliphatic heterocycles. The first-order valence-corrected chi connectivity index (χ1v) is 13.6. The van der Waals surface area contributed by atoms with E-state index in [0.717, 1.165) is 0 Å². The average molecular weight is 599 g/mol. The van der Waals surface area contributed by atoms with Gasteiger partial charge in [0.15, 0.2) is 23.1 Å². The third-order valence-corrected chi connectivity index (χ3v) is 6.80. The molecule has 0 heterocycles. The monoisotopic (exact) mass is 598 g/mol. The smallest absolute Gasteiger partial charge is 0.308 e. The highest BCUT2D eigenvalue weighted by Crippen LogP contribution is 2.50. The molecule has 4 aromatic rings. The minimum absolute atomic E-state index is 0.0746. The van der Waals surface area contributed by atoms with Gasteiger partial charge in [0.25, 0.3) is 0 Å². The predicted molar refractivity (Wildman–Crippen MR) is 162 cm³/mol. The van der Waals surface area contributed by atoms with Gasteiger partial charge in [-0.05, 0) is 61.7 Å². The fourth-order valence-corrected chi connectivity index (χ4v) is 5.41. The Balaban J connectivity index is 2.28. The van der Waals surface area contributed by atoms with Crippen molar-refractivity contribution >= 4 is 57.0 Å². The maximum Gasteiger partial charge on any atom is 0.308 e. The van der Waals surface area contributed by atoms with E-state index in [1.165, 1.54) is 41.5 Å². The van der Waals surface area contributed by atoms with E-state index in [-0.39, 0.29) is 67.6 Å². The van der Waals surface area contributed by atoms with Crippen LogP contribution in [0.4, 0.5) is 0 Å². The Hall–Kier alpha value is -5.38. The highest BCUT2D eigenvalue weighted by molar-refractivity contribution is 6.13. The normalized spacial score (nSPS) is 10.8. The minimum Gasteiger partial charge on any atom is -0.425 e. The molecule has 0 radical (unpaired) electrons. The Morgan fingerprint density at radius 1 is 0.455 bits per heavy atom. The van der Waals surface area contributed by atoms with E-state index in [1.807, 2.05) is 0 Å². The predicted octanol–water partition coefficient (Wildman–Crippen LogP) is 6.38. The van der Waals surface area contributed by atoms with Crippen molar-refractivity contribution in [1.82, 2.24) is 0 Å². The lowest BCUT2D eigenvalue weighted by Gasteiger charge is -2.21. The van der Waals surface area contributed by atoms with E-state index < -0.39 is 23.9 Å². The van der Waals surface area contributed by atoms with Crippen LogP contribution in [0.2, 0.25) is 0 Å². The van der Waals surface area contributed by atoms with Crippen molar-refractivity contribution < 1.29 is 47.7 Å². The van der Waals surface area contributed by atoms with Crippen molar-refractivity contribution in [2.75, 3.05) is 0 Å². The number of aryl methyl sites for hydroxylation is 2. The molecule has 0 N–H and O–H groups in total. The molecule has 0 aliphatic rings. The Morgan fingerprint density at radius 3 is 1.02 bits per heavy atom. The van der Waals surface area contributed by atoms with Crippen molar-refractivity contribution in [3.05, 3.63) is 58.7 Å². The van der Waals surface area contributed by atoms with E-state index in [2.05, 4.69) is 0 Å². The summed E-state index contributed by atoms with van der Waals surface area (Å²) in [5.41, 5.74) is 1.75. The molecule has 0 atom stereocenters. The number of benzene rings is 4. The highest BCUT2D eigenvalue weighted by Gasteiger charge is 2.28. The molecule has 4 rings (SSSR count). The van der Waals surface area contributed by atoms with Gasteiger partial charge in [-0.1, -0.05) is 24.3 Å². The molecule has 0 bridgehead atoms. The number of fused-ring (bicyclic) bond motifs is 2. The van der Waals surface area contributed by atoms with E-state index >= 15 is 0 Å². The average Bonchev–Trinajstić information content (AvgIpc) is 2.87. The quantitative estimate of drug-likeness (QED) is 0.134. The summed E-state index contributed by atoms with van der Waals surface area (Å²) in [6.45, 7) is 10.8. The van der Waals surface area contributed by atoms with Crippen LogP contribution in [0.5, 0.6) is 23.0 Å². The third-order valence-electron chi connectivity index (χ3n) is 6.80. The Bertz CT molecular complexity index is 1810. The van der Waals surface area contributed by atoms with Gasteiger partial charge in [-0.25, -0.2) is 0 Å². The summed E-state index contributed by atoms with van der Waals surface area (Å²) in [4.78, 5) is 74.9. The molecule has 0 spiro atoms. The fourth-order valence-electron chi connectivity index (χ4n) is 5.41. The van der Waals surface area contributed by atoms with Gasteiger partial charge in [0.2, 0.25) is 0 Å². The van der Waals surface area contributed by atoms with Gasteiger partial charge in [-0.3, -0.25) is 28.8 Å². The van der Waals surface area contributed by atoms with Crippen LogP contribution < -0.4 is 18.9 Å². The second kappa shape index (κ2) is 12.1. The molecule has 0 amide bonds. The molecule has 0 saturated carbocycles. The van der Waals surface area contributed by atoms with Crippen molar-refractivity contribution in [1.29, 1.82) is 0 Å². The van der Waals surface area contributed by atoms with Gasteiger partial charge in [0, 0.05) is 38.8 Å². The van der Waals surface area contributed by atoms with Crippen molar-refractivity contribution in [2.24, 2.45) is 0 Å². The van der Waals surface area contributed by atoms with Gasteiger partial charge in [-0.15, -0.1) is 0 Å². The molecular formula is C34H30O10. The lowest BCUT2D eigenvalue weighted by atomic mass is 9.90. The number of carbonyl (C=O) groups excluding carboxylic acids is 6. The van der Waals surface area contributed by atoms with Crippen LogP contribution in [0.1, 0.15) is 73.4 Å². The zero-order valence-electron chi connectivity index (χ0n) is 25.5. The van der Waals surface area contributed by atoms with Crippen LogP contribution in [0.3, 0.4) is 0 Å². The topological polar surface area (TPSA) is 139 Å². The molecule has 0 saturated heterocycles. The number of hydrogen-bond donors (Lipinski definition) is 0. The maximum atomic E-state index is 12.7. The summed E-state index contributed by atoms with van der Waals surface area (Å²) in [5.74, 6) is -3.96. The molecule has 10 nitrogen and oxygen atoms in total. The number of Topliss-reactive ketones (excluding diaryl/α,β-unsaturated/α-hetero) is 2. The van der Waals surface area contributed by atoms with E-state index in [4.69, 9.17) is 18.9 Å². The first kappa shape index (κ1) is 31.6. The van der Waals surface area contributed by atoms with Crippen molar-refractivity contribution in [2.45, 2.75) is 55.4 Å². The number of ketones is 2. The minimum atomic E-state index is -0.720. The summed E-state index contributed by atoms with van der Waals surface area (Å²) in [5, 5.41) is 1.31. The van der Waals surface area contributed by atoms with Crippen molar-refractivity contribution in [3.8, 4) is 34.1 Å².